The summed E-state index contributed by atoms with van der Waals surface area (Å²) in [5, 5.41) is 2.73. The third-order valence-electron chi connectivity index (χ3n) is 2.84. The molecule has 0 fully saturated rings. The SMILES string of the molecule is CC(N)C(=O)c1ccc2c(c1)NC(=O)C(C)(C)O2. The summed E-state index contributed by atoms with van der Waals surface area (Å²) in [5.41, 5.74) is 5.61. The summed E-state index contributed by atoms with van der Waals surface area (Å²) in [6.07, 6.45) is 0. The minimum atomic E-state index is -0.903. The molecule has 1 unspecified atom stereocenters. The lowest BCUT2D eigenvalue weighted by Crippen LogP contribution is -2.45. The van der Waals surface area contributed by atoms with Gasteiger partial charge < -0.3 is 15.8 Å². The first-order valence-corrected chi connectivity index (χ1v) is 5.75. The number of amides is 1. The van der Waals surface area contributed by atoms with Crippen molar-refractivity contribution in [2.24, 2.45) is 5.73 Å². The van der Waals surface area contributed by atoms with Crippen molar-refractivity contribution in [3.8, 4) is 5.75 Å². The third kappa shape index (κ3) is 2.09. The van der Waals surface area contributed by atoms with Crippen molar-refractivity contribution >= 4 is 17.4 Å². The van der Waals surface area contributed by atoms with E-state index < -0.39 is 11.6 Å². The number of benzene rings is 1. The molecule has 5 heteroatoms. The fraction of sp³-hybridized carbons (Fsp3) is 0.385. The maximum Gasteiger partial charge on any atom is 0.268 e. The summed E-state index contributed by atoms with van der Waals surface area (Å²) in [6.45, 7) is 5.00. The molecule has 1 heterocycles. The molecular weight excluding hydrogens is 232 g/mol. The van der Waals surface area contributed by atoms with Crippen LogP contribution in [0.1, 0.15) is 31.1 Å². The average Bonchev–Trinajstić information content (AvgIpc) is 2.28. The molecule has 2 rings (SSSR count). The topological polar surface area (TPSA) is 81.4 Å². The lowest BCUT2D eigenvalue weighted by Gasteiger charge is -2.31. The first kappa shape index (κ1) is 12.6. The van der Waals surface area contributed by atoms with E-state index in [4.69, 9.17) is 10.5 Å². The van der Waals surface area contributed by atoms with Crippen molar-refractivity contribution in [2.75, 3.05) is 5.32 Å². The predicted molar refractivity (Wildman–Crippen MR) is 67.8 cm³/mol. The highest BCUT2D eigenvalue weighted by Gasteiger charge is 2.35. The van der Waals surface area contributed by atoms with Gasteiger partial charge in [-0.2, -0.15) is 0 Å². The number of nitrogens with two attached hydrogens (primary N) is 1. The number of carbonyl (C=O) groups is 2. The Morgan fingerprint density at radius 2 is 2.11 bits per heavy atom. The summed E-state index contributed by atoms with van der Waals surface area (Å²) in [4.78, 5) is 23.5. The van der Waals surface area contributed by atoms with E-state index in [2.05, 4.69) is 5.32 Å². The molecule has 0 bridgehead atoms. The number of hydrogen-bond acceptors (Lipinski definition) is 4. The Morgan fingerprint density at radius 3 is 2.72 bits per heavy atom. The van der Waals surface area contributed by atoms with Crippen LogP contribution in [0.15, 0.2) is 18.2 Å². The van der Waals surface area contributed by atoms with Crippen molar-refractivity contribution < 1.29 is 14.3 Å². The van der Waals surface area contributed by atoms with Crippen molar-refractivity contribution in [1.29, 1.82) is 0 Å². The molecule has 0 aliphatic carbocycles. The number of ketones is 1. The van der Waals surface area contributed by atoms with E-state index >= 15 is 0 Å². The van der Waals surface area contributed by atoms with Crippen molar-refractivity contribution in [3.63, 3.8) is 0 Å². The molecular formula is C13H16N2O3. The number of carbonyl (C=O) groups excluding carboxylic acids is 2. The standard InChI is InChI=1S/C13H16N2O3/c1-7(14)11(16)8-4-5-10-9(6-8)15-12(17)13(2,3)18-10/h4-7H,14H2,1-3H3,(H,15,17). The van der Waals surface area contributed by atoms with Gasteiger partial charge in [0, 0.05) is 5.56 Å². The molecule has 0 saturated carbocycles. The first-order valence-electron chi connectivity index (χ1n) is 5.75. The van der Waals surface area contributed by atoms with E-state index in [-0.39, 0.29) is 11.7 Å². The lowest BCUT2D eigenvalue weighted by atomic mass is 10.0. The second-order valence-corrected chi connectivity index (χ2v) is 4.93. The predicted octanol–water partition coefficient (Wildman–Crippen LogP) is 1.33. The Labute approximate surface area is 105 Å². The Hall–Kier alpha value is -1.88. The number of Topliss-reactive ketones (excluding diaryl/α,β-unsaturated/α-hetero) is 1. The average molecular weight is 248 g/mol. The Bertz CT molecular complexity index is 521. The lowest BCUT2D eigenvalue weighted by molar-refractivity contribution is -0.129. The molecule has 1 atom stereocenters. The molecule has 18 heavy (non-hydrogen) atoms. The van der Waals surface area contributed by atoms with Crippen LogP contribution in [0.5, 0.6) is 5.75 Å². The van der Waals surface area contributed by atoms with Crippen molar-refractivity contribution in [2.45, 2.75) is 32.4 Å². The Balaban J connectivity index is 2.38. The molecule has 1 aromatic rings. The summed E-state index contributed by atoms with van der Waals surface area (Å²) >= 11 is 0. The van der Waals surface area contributed by atoms with Gasteiger partial charge in [0.15, 0.2) is 11.4 Å². The summed E-state index contributed by atoms with van der Waals surface area (Å²) in [7, 11) is 0. The van der Waals surface area contributed by atoms with Gasteiger partial charge in [0.2, 0.25) is 0 Å². The highest BCUT2D eigenvalue weighted by atomic mass is 16.5. The number of hydrogen-bond donors (Lipinski definition) is 2. The van der Waals surface area contributed by atoms with E-state index in [0.29, 0.717) is 17.0 Å². The van der Waals surface area contributed by atoms with E-state index in [1.807, 2.05) is 0 Å². The van der Waals surface area contributed by atoms with E-state index in [1.54, 1.807) is 39.0 Å². The minimum absolute atomic E-state index is 0.170. The first-order chi connectivity index (χ1) is 8.31. The zero-order valence-corrected chi connectivity index (χ0v) is 10.6. The fourth-order valence-corrected chi connectivity index (χ4v) is 1.73. The molecule has 5 nitrogen and oxygen atoms in total. The maximum atomic E-state index is 11.8. The third-order valence-corrected chi connectivity index (χ3v) is 2.84. The number of rotatable bonds is 2. The number of anilines is 1. The summed E-state index contributed by atoms with van der Waals surface area (Å²) < 4.78 is 5.57. The zero-order valence-electron chi connectivity index (χ0n) is 10.6. The van der Waals surface area contributed by atoms with Crippen LogP contribution < -0.4 is 15.8 Å². The fourth-order valence-electron chi connectivity index (χ4n) is 1.73. The maximum absolute atomic E-state index is 11.8. The van der Waals surface area contributed by atoms with Gasteiger partial charge >= 0.3 is 0 Å². The van der Waals surface area contributed by atoms with Crippen molar-refractivity contribution in [1.82, 2.24) is 0 Å². The van der Waals surface area contributed by atoms with Gasteiger partial charge in [0.05, 0.1) is 11.7 Å². The van der Waals surface area contributed by atoms with Gasteiger partial charge in [0.1, 0.15) is 5.75 Å². The van der Waals surface area contributed by atoms with Crippen LogP contribution in [-0.4, -0.2) is 23.3 Å². The van der Waals surface area contributed by atoms with E-state index in [0.717, 1.165) is 0 Å². The van der Waals surface area contributed by atoms with Gasteiger partial charge in [0.25, 0.3) is 5.91 Å². The smallest absolute Gasteiger partial charge is 0.268 e. The Morgan fingerprint density at radius 1 is 1.44 bits per heavy atom. The highest BCUT2D eigenvalue weighted by Crippen LogP contribution is 2.34. The van der Waals surface area contributed by atoms with Crippen molar-refractivity contribution in [3.05, 3.63) is 23.8 Å². The molecule has 0 aromatic heterocycles. The molecule has 96 valence electrons. The second kappa shape index (κ2) is 4.10. The van der Waals surface area contributed by atoms with Gasteiger partial charge in [-0.15, -0.1) is 0 Å². The second-order valence-electron chi connectivity index (χ2n) is 4.93. The summed E-state index contributed by atoms with van der Waals surface area (Å²) in [6, 6.07) is 4.35. The minimum Gasteiger partial charge on any atom is -0.476 e. The van der Waals surface area contributed by atoms with Crippen LogP contribution in [0.25, 0.3) is 0 Å². The molecule has 0 spiro atoms. The summed E-state index contributed by atoms with van der Waals surface area (Å²) in [5.74, 6) is 0.151. The number of fused-ring (bicyclic) bond motifs is 1. The monoisotopic (exact) mass is 248 g/mol. The highest BCUT2D eigenvalue weighted by molar-refractivity contribution is 6.04. The van der Waals surface area contributed by atoms with E-state index in [9.17, 15) is 9.59 Å². The molecule has 0 saturated heterocycles. The van der Waals surface area contributed by atoms with Crippen LogP contribution in [-0.2, 0) is 4.79 Å². The number of nitrogens with one attached hydrogen (secondary N) is 1. The molecule has 1 aliphatic rings. The van der Waals surface area contributed by atoms with E-state index in [1.165, 1.54) is 0 Å². The van der Waals surface area contributed by atoms with Crippen LogP contribution in [0.3, 0.4) is 0 Å². The molecule has 1 aromatic carbocycles. The molecule has 3 N–H and O–H groups in total. The zero-order chi connectivity index (χ0) is 13.5. The molecule has 0 radical (unpaired) electrons. The number of ether oxygens (including phenoxy) is 1. The largest absolute Gasteiger partial charge is 0.476 e. The molecule has 1 amide bonds. The normalized spacial score (nSPS) is 18.3. The van der Waals surface area contributed by atoms with Crippen LogP contribution in [0.2, 0.25) is 0 Å². The quantitative estimate of drug-likeness (QED) is 0.773. The van der Waals surface area contributed by atoms with Crippen LogP contribution >= 0.6 is 0 Å². The van der Waals surface area contributed by atoms with Crippen LogP contribution in [0, 0.1) is 0 Å². The van der Waals surface area contributed by atoms with Gasteiger partial charge in [-0.05, 0) is 39.0 Å². The Kier molecular flexibility index (Phi) is 2.86. The van der Waals surface area contributed by atoms with Crippen LogP contribution in [0.4, 0.5) is 5.69 Å². The van der Waals surface area contributed by atoms with Gasteiger partial charge in [-0.3, -0.25) is 9.59 Å². The van der Waals surface area contributed by atoms with Gasteiger partial charge in [-0.25, -0.2) is 0 Å². The van der Waals surface area contributed by atoms with Gasteiger partial charge in [-0.1, -0.05) is 0 Å². The molecule has 1 aliphatic heterocycles.